The maximum atomic E-state index is 13.6. The molecule has 0 saturated heterocycles. The van der Waals surface area contributed by atoms with Gasteiger partial charge in [-0.2, -0.15) is 0 Å². The van der Waals surface area contributed by atoms with Gasteiger partial charge in [0, 0.05) is 17.7 Å². The number of ether oxygens (including phenoxy) is 2. The lowest BCUT2D eigenvalue weighted by Gasteiger charge is -2.32. The highest BCUT2D eigenvalue weighted by molar-refractivity contribution is 7.89. The Morgan fingerprint density at radius 3 is 2.15 bits per heavy atom. The van der Waals surface area contributed by atoms with E-state index in [0.29, 0.717) is 12.2 Å². The van der Waals surface area contributed by atoms with E-state index >= 15 is 0 Å². The molecule has 0 radical (unpaired) electrons. The number of rotatable bonds is 8. The molecule has 0 spiro atoms. The first kappa shape index (κ1) is 23.3. The minimum Gasteiger partial charge on any atom is -0.482 e. The second-order valence-electron chi connectivity index (χ2n) is 7.52. The highest BCUT2D eigenvalue weighted by atomic mass is 32.2. The van der Waals surface area contributed by atoms with Gasteiger partial charge in [-0.1, -0.05) is 67.6 Å². The summed E-state index contributed by atoms with van der Waals surface area (Å²) in [5.74, 6) is -0.940. The molecule has 0 unspecified atom stereocenters. The Hall–Kier alpha value is -3.91. The number of nitrogens with zero attached hydrogens (tertiary/aromatic N) is 1. The minimum atomic E-state index is -4.04. The molecule has 0 aromatic heterocycles. The Labute approximate surface area is 198 Å². The first-order chi connectivity index (χ1) is 16.4. The molecule has 1 aliphatic heterocycles. The molecule has 4 rings (SSSR count). The highest BCUT2D eigenvalue weighted by Gasteiger charge is 2.41. The molecule has 0 atom stereocenters. The lowest BCUT2D eigenvalue weighted by atomic mass is 10.0. The fourth-order valence-corrected chi connectivity index (χ4v) is 5.40. The van der Waals surface area contributed by atoms with Crippen molar-refractivity contribution in [2.24, 2.45) is 0 Å². The Morgan fingerprint density at radius 1 is 0.853 bits per heavy atom. The topological polar surface area (TPSA) is 90.0 Å². The highest BCUT2D eigenvalue weighted by Crippen LogP contribution is 2.39. The number of hydrogen-bond donors (Lipinski definition) is 0. The first-order valence-electron chi connectivity index (χ1n) is 10.8. The largest absolute Gasteiger partial charge is 0.482 e. The molecular formula is C26H23NO6S. The van der Waals surface area contributed by atoms with E-state index in [0.717, 1.165) is 4.31 Å². The molecule has 0 N–H and O–H groups in total. The third-order valence-corrected chi connectivity index (χ3v) is 7.01. The van der Waals surface area contributed by atoms with Crippen LogP contribution in [-0.2, 0) is 19.6 Å². The number of sulfonamides is 1. The van der Waals surface area contributed by atoms with Crippen LogP contribution in [0.15, 0.2) is 95.5 Å². The first-order valence-corrected chi connectivity index (χ1v) is 12.2. The number of ketones is 1. The zero-order chi connectivity index (χ0) is 24.1. The van der Waals surface area contributed by atoms with E-state index in [1.54, 1.807) is 73.7 Å². The van der Waals surface area contributed by atoms with E-state index in [1.807, 2.05) is 6.07 Å². The van der Waals surface area contributed by atoms with Crippen LogP contribution < -0.4 is 4.74 Å². The van der Waals surface area contributed by atoms with Crippen molar-refractivity contribution in [1.29, 1.82) is 0 Å². The average Bonchev–Trinajstić information content (AvgIpc) is 2.87. The molecule has 174 valence electrons. The van der Waals surface area contributed by atoms with Gasteiger partial charge in [0.25, 0.3) is 10.0 Å². The van der Waals surface area contributed by atoms with Gasteiger partial charge < -0.3 is 9.47 Å². The van der Waals surface area contributed by atoms with Gasteiger partial charge >= 0.3 is 5.97 Å². The second kappa shape index (κ2) is 9.93. The molecule has 0 bridgehead atoms. The normalized spacial score (nSPS) is 14.3. The van der Waals surface area contributed by atoms with Crippen LogP contribution in [0.3, 0.4) is 0 Å². The molecule has 0 saturated carbocycles. The van der Waals surface area contributed by atoms with Gasteiger partial charge in [0.2, 0.25) is 5.78 Å². The number of hydrogen-bond acceptors (Lipinski definition) is 6. The van der Waals surface area contributed by atoms with E-state index < -0.39 is 28.4 Å². The SMILES string of the molecule is CCCN1C(C(=O)c2ccccc2)=C(OC(=O)COc2ccccc2)c2ccccc2S1(=O)=O. The van der Waals surface area contributed by atoms with Crippen molar-refractivity contribution in [3.63, 3.8) is 0 Å². The fourth-order valence-electron chi connectivity index (χ4n) is 3.64. The van der Waals surface area contributed by atoms with E-state index in [1.165, 1.54) is 12.1 Å². The predicted octanol–water partition coefficient (Wildman–Crippen LogP) is 4.27. The van der Waals surface area contributed by atoms with Crippen LogP contribution in [0, 0.1) is 0 Å². The van der Waals surface area contributed by atoms with Crippen LogP contribution >= 0.6 is 0 Å². The van der Waals surface area contributed by atoms with E-state index in [4.69, 9.17) is 9.47 Å². The second-order valence-corrected chi connectivity index (χ2v) is 9.35. The number of allylic oxidation sites excluding steroid dienone is 1. The Morgan fingerprint density at radius 2 is 1.47 bits per heavy atom. The summed E-state index contributed by atoms with van der Waals surface area (Å²) in [7, 11) is -4.04. The zero-order valence-corrected chi connectivity index (χ0v) is 19.3. The molecule has 1 aliphatic rings. The minimum absolute atomic E-state index is 0.0279. The van der Waals surface area contributed by atoms with Gasteiger partial charge in [0.1, 0.15) is 11.4 Å². The van der Waals surface area contributed by atoms with E-state index in [-0.39, 0.29) is 34.0 Å². The number of benzene rings is 3. The molecular weight excluding hydrogens is 454 g/mol. The maximum Gasteiger partial charge on any atom is 0.349 e. The van der Waals surface area contributed by atoms with Gasteiger partial charge in [0.05, 0.1) is 4.90 Å². The van der Waals surface area contributed by atoms with Gasteiger partial charge in [-0.3, -0.25) is 9.10 Å². The molecule has 0 fully saturated rings. The van der Waals surface area contributed by atoms with Crippen LogP contribution in [0.2, 0.25) is 0 Å². The number of para-hydroxylation sites is 1. The van der Waals surface area contributed by atoms with Crippen LogP contribution in [0.4, 0.5) is 0 Å². The summed E-state index contributed by atoms with van der Waals surface area (Å²) in [6, 6.07) is 23.2. The Kier molecular flexibility index (Phi) is 6.79. The van der Waals surface area contributed by atoms with Crippen LogP contribution in [-0.4, -0.2) is 37.6 Å². The zero-order valence-electron chi connectivity index (χ0n) is 18.5. The van der Waals surface area contributed by atoms with Gasteiger partial charge in [-0.05, 0) is 30.7 Å². The summed E-state index contributed by atoms with van der Waals surface area (Å²) >= 11 is 0. The van der Waals surface area contributed by atoms with Crippen LogP contribution in [0.5, 0.6) is 5.75 Å². The van der Waals surface area contributed by atoms with Gasteiger partial charge in [-0.15, -0.1) is 0 Å². The van der Waals surface area contributed by atoms with Crippen molar-refractivity contribution in [3.05, 3.63) is 102 Å². The summed E-state index contributed by atoms with van der Waals surface area (Å²) in [5, 5.41) is 0. The van der Waals surface area contributed by atoms with Crippen molar-refractivity contribution in [3.8, 4) is 5.75 Å². The third-order valence-electron chi connectivity index (χ3n) is 5.16. The number of fused-ring (bicyclic) bond motifs is 1. The number of carbonyl (C=O) groups excluding carboxylic acids is 2. The molecule has 34 heavy (non-hydrogen) atoms. The van der Waals surface area contributed by atoms with Crippen LogP contribution in [0.25, 0.3) is 5.76 Å². The van der Waals surface area contributed by atoms with Gasteiger partial charge in [-0.25, -0.2) is 13.2 Å². The Bertz CT molecular complexity index is 1330. The van der Waals surface area contributed by atoms with Crippen molar-refractivity contribution in [1.82, 2.24) is 4.31 Å². The monoisotopic (exact) mass is 477 g/mol. The summed E-state index contributed by atoms with van der Waals surface area (Å²) in [4.78, 5) is 26.3. The third kappa shape index (κ3) is 4.58. The van der Waals surface area contributed by atoms with Crippen LogP contribution in [0.1, 0.15) is 29.3 Å². The molecule has 3 aromatic carbocycles. The number of Topliss-reactive ketones (excluding diaryl/α,β-unsaturated/α-hetero) is 1. The molecule has 7 nitrogen and oxygen atoms in total. The summed E-state index contributed by atoms with van der Waals surface area (Å²) in [6.45, 7) is 1.44. The van der Waals surface area contributed by atoms with Crippen molar-refractivity contribution in [2.45, 2.75) is 18.2 Å². The lowest BCUT2D eigenvalue weighted by Crippen LogP contribution is -2.39. The maximum absolute atomic E-state index is 13.6. The fraction of sp³-hybridized carbons (Fsp3) is 0.154. The molecule has 3 aromatic rings. The van der Waals surface area contributed by atoms with E-state index in [9.17, 15) is 18.0 Å². The summed E-state index contributed by atoms with van der Waals surface area (Å²) in [6.07, 6.45) is 0.450. The Balaban J connectivity index is 1.80. The predicted molar refractivity (Wildman–Crippen MR) is 126 cm³/mol. The quantitative estimate of drug-likeness (QED) is 0.355. The molecule has 0 amide bonds. The summed E-state index contributed by atoms with van der Waals surface area (Å²) < 4.78 is 39.1. The standard InChI is InChI=1S/C26H23NO6S/c1-2-17-27-24(25(29)19-11-5-3-6-12-19)26(21-15-9-10-16-22(21)34(27,30)31)33-23(28)18-32-20-13-7-4-8-14-20/h3-16H,2,17-18H2,1H3. The smallest absolute Gasteiger partial charge is 0.349 e. The lowest BCUT2D eigenvalue weighted by molar-refractivity contribution is -0.139. The summed E-state index contributed by atoms with van der Waals surface area (Å²) in [5.41, 5.74) is 0.240. The van der Waals surface area contributed by atoms with Crippen molar-refractivity contribution >= 4 is 27.5 Å². The van der Waals surface area contributed by atoms with Crippen molar-refractivity contribution in [2.75, 3.05) is 13.2 Å². The molecule has 0 aliphatic carbocycles. The molecule has 1 heterocycles. The average molecular weight is 478 g/mol. The number of esters is 1. The van der Waals surface area contributed by atoms with Gasteiger partial charge in [0.15, 0.2) is 12.4 Å². The van der Waals surface area contributed by atoms with E-state index in [2.05, 4.69) is 0 Å². The molecule has 8 heteroatoms. The number of carbonyl (C=O) groups is 2. The van der Waals surface area contributed by atoms with Crippen molar-refractivity contribution < 1.29 is 27.5 Å².